The lowest BCUT2D eigenvalue weighted by molar-refractivity contribution is 1.49. The highest BCUT2D eigenvalue weighted by Crippen LogP contribution is 2.35. The Bertz CT molecular complexity index is 940. The van der Waals surface area contributed by atoms with Gasteiger partial charge in [-0.25, -0.2) is 0 Å². The summed E-state index contributed by atoms with van der Waals surface area (Å²) in [5.41, 5.74) is 1.35. The smallest absolute Gasteiger partial charge is 0.0652 e. The van der Waals surface area contributed by atoms with Gasteiger partial charge in [0.05, 0.1) is 8.80 Å². The summed E-state index contributed by atoms with van der Waals surface area (Å²) in [7, 11) is -0.895. The number of rotatable bonds is 2. The lowest BCUT2D eigenvalue weighted by Gasteiger charge is -2.18. The summed E-state index contributed by atoms with van der Waals surface area (Å²) >= 11 is 6.32. The maximum atomic E-state index is 6.32. The van der Waals surface area contributed by atoms with Crippen LogP contribution in [-0.4, -0.2) is 8.80 Å². The fourth-order valence-electron chi connectivity index (χ4n) is 3.56. The Morgan fingerprint density at radius 1 is 0.857 bits per heavy atom. The summed E-state index contributed by atoms with van der Waals surface area (Å²) < 4.78 is 0. The largest absolute Gasteiger partial charge is 0.122 e. The van der Waals surface area contributed by atoms with Crippen LogP contribution < -0.4 is 5.19 Å². The van der Waals surface area contributed by atoms with Crippen molar-refractivity contribution >= 4 is 57.9 Å². The van der Waals surface area contributed by atoms with Gasteiger partial charge in [0.25, 0.3) is 0 Å². The first-order valence-corrected chi connectivity index (χ1v) is 10.9. The van der Waals surface area contributed by atoms with E-state index in [0.29, 0.717) is 5.88 Å². The third-order valence-electron chi connectivity index (χ3n) is 4.55. The molecule has 104 valence electrons. The van der Waals surface area contributed by atoms with Crippen molar-refractivity contribution < 1.29 is 0 Å². The number of benzene rings is 4. The van der Waals surface area contributed by atoms with E-state index in [1.165, 1.54) is 43.1 Å². The van der Waals surface area contributed by atoms with Gasteiger partial charge in [-0.1, -0.05) is 66.8 Å². The van der Waals surface area contributed by atoms with E-state index < -0.39 is 8.80 Å². The molecular formula is C19H17ClSi. The van der Waals surface area contributed by atoms with Gasteiger partial charge in [0.15, 0.2) is 0 Å². The molecule has 0 amide bonds. The quantitative estimate of drug-likeness (QED) is 0.277. The van der Waals surface area contributed by atoms with Crippen molar-refractivity contribution in [3.8, 4) is 0 Å². The second-order valence-corrected chi connectivity index (χ2v) is 9.29. The highest BCUT2D eigenvalue weighted by molar-refractivity contribution is 6.72. The van der Waals surface area contributed by atoms with Gasteiger partial charge in [0.1, 0.15) is 0 Å². The van der Waals surface area contributed by atoms with Crippen LogP contribution in [0, 0.1) is 0 Å². The summed E-state index contributed by atoms with van der Waals surface area (Å²) in [6.45, 7) is 4.76. The third kappa shape index (κ3) is 1.81. The molecule has 0 heterocycles. The summed E-state index contributed by atoms with van der Waals surface area (Å²) in [6, 6.07) is 17.9. The molecular weight excluding hydrogens is 292 g/mol. The fourth-order valence-corrected chi connectivity index (χ4v) is 5.45. The molecule has 0 unspecified atom stereocenters. The minimum absolute atomic E-state index is 0.606. The molecule has 4 rings (SSSR count). The van der Waals surface area contributed by atoms with Crippen LogP contribution in [0.25, 0.3) is 32.3 Å². The molecule has 0 fully saturated rings. The Hall–Kier alpha value is -1.57. The second kappa shape index (κ2) is 4.72. The van der Waals surface area contributed by atoms with Crippen molar-refractivity contribution in [3.05, 3.63) is 54.1 Å². The summed E-state index contributed by atoms with van der Waals surface area (Å²) in [5, 5.41) is 9.63. The van der Waals surface area contributed by atoms with Crippen LogP contribution in [0.15, 0.2) is 48.5 Å². The van der Waals surface area contributed by atoms with Gasteiger partial charge in [-0.15, -0.1) is 11.6 Å². The fraction of sp³-hybridized carbons (Fsp3) is 0.158. The number of hydrogen-bond acceptors (Lipinski definition) is 0. The van der Waals surface area contributed by atoms with Gasteiger partial charge in [0, 0.05) is 5.88 Å². The Labute approximate surface area is 131 Å². The number of hydrogen-bond donors (Lipinski definition) is 0. The second-order valence-electron chi connectivity index (χ2n) is 6.09. The maximum absolute atomic E-state index is 6.32. The van der Waals surface area contributed by atoms with Crippen molar-refractivity contribution in [2.24, 2.45) is 0 Å². The van der Waals surface area contributed by atoms with Crippen molar-refractivity contribution in [1.82, 2.24) is 0 Å². The molecule has 0 bridgehead atoms. The molecule has 0 nitrogen and oxygen atoms in total. The van der Waals surface area contributed by atoms with Crippen molar-refractivity contribution in [2.75, 3.05) is 0 Å². The lowest BCUT2D eigenvalue weighted by Crippen LogP contribution is -2.26. The van der Waals surface area contributed by atoms with Crippen LogP contribution >= 0.6 is 11.6 Å². The predicted molar refractivity (Wildman–Crippen MR) is 98.2 cm³/mol. The van der Waals surface area contributed by atoms with Gasteiger partial charge in [-0.3, -0.25) is 0 Å². The third-order valence-corrected chi connectivity index (χ3v) is 6.58. The molecule has 2 heteroatoms. The number of alkyl halides is 1. The van der Waals surface area contributed by atoms with Gasteiger partial charge in [-0.2, -0.15) is 0 Å². The first kappa shape index (κ1) is 13.1. The van der Waals surface area contributed by atoms with Gasteiger partial charge >= 0.3 is 0 Å². The van der Waals surface area contributed by atoms with E-state index >= 15 is 0 Å². The van der Waals surface area contributed by atoms with E-state index in [2.05, 4.69) is 61.6 Å². The Balaban J connectivity index is 2.31. The van der Waals surface area contributed by atoms with Crippen molar-refractivity contribution in [3.63, 3.8) is 0 Å². The Kier molecular flexibility index (Phi) is 2.95. The molecule has 4 aromatic rings. The molecule has 0 radical (unpaired) electrons. The standard InChI is InChI=1S/C19H17ClSi/c1-21(2)17-10-14-7-6-12-4-3-5-13-8-9-15(16(17)11-20)19(14)18(12)13/h3-10,21H,11H2,1-2H3. The van der Waals surface area contributed by atoms with E-state index in [1.54, 1.807) is 0 Å². The average Bonchev–Trinajstić information content (AvgIpc) is 2.51. The molecule has 4 aromatic carbocycles. The Morgan fingerprint density at radius 2 is 1.52 bits per heavy atom. The molecule has 21 heavy (non-hydrogen) atoms. The molecule has 0 aliphatic rings. The molecule has 0 atom stereocenters. The first-order valence-electron chi connectivity index (χ1n) is 7.46. The normalized spacial score (nSPS) is 12.2. The van der Waals surface area contributed by atoms with Crippen molar-refractivity contribution in [1.29, 1.82) is 0 Å². The summed E-state index contributed by atoms with van der Waals surface area (Å²) in [6.07, 6.45) is 0. The topological polar surface area (TPSA) is 0 Å². The van der Waals surface area contributed by atoms with Crippen LogP contribution in [0.2, 0.25) is 13.1 Å². The van der Waals surface area contributed by atoms with Crippen LogP contribution in [0.5, 0.6) is 0 Å². The van der Waals surface area contributed by atoms with Crippen LogP contribution in [-0.2, 0) is 5.88 Å². The first-order chi connectivity index (χ1) is 10.2. The lowest BCUT2D eigenvalue weighted by atomic mass is 9.92. The van der Waals surface area contributed by atoms with Gasteiger partial charge in [-0.05, 0) is 37.9 Å². The molecule has 0 N–H and O–H groups in total. The molecule has 0 spiro atoms. The molecule has 0 aliphatic carbocycles. The minimum Gasteiger partial charge on any atom is -0.122 e. The number of halogens is 1. The molecule has 0 saturated heterocycles. The van der Waals surface area contributed by atoms with E-state index in [-0.39, 0.29) is 0 Å². The van der Waals surface area contributed by atoms with Crippen LogP contribution in [0.3, 0.4) is 0 Å². The van der Waals surface area contributed by atoms with E-state index in [4.69, 9.17) is 11.6 Å². The average molecular weight is 309 g/mol. The highest BCUT2D eigenvalue weighted by atomic mass is 35.5. The summed E-state index contributed by atoms with van der Waals surface area (Å²) in [4.78, 5) is 0. The molecule has 0 saturated carbocycles. The van der Waals surface area contributed by atoms with Crippen molar-refractivity contribution in [2.45, 2.75) is 19.0 Å². The predicted octanol–water partition coefficient (Wildman–Crippen LogP) is 5.02. The van der Waals surface area contributed by atoms with Crippen LogP contribution in [0.1, 0.15) is 5.56 Å². The van der Waals surface area contributed by atoms with E-state index in [1.807, 2.05) is 0 Å². The highest BCUT2D eigenvalue weighted by Gasteiger charge is 2.15. The van der Waals surface area contributed by atoms with Crippen LogP contribution in [0.4, 0.5) is 0 Å². The summed E-state index contributed by atoms with van der Waals surface area (Å²) in [5.74, 6) is 0.606. The minimum atomic E-state index is -0.895. The van der Waals surface area contributed by atoms with Gasteiger partial charge in [0.2, 0.25) is 0 Å². The van der Waals surface area contributed by atoms with E-state index in [0.717, 1.165) is 0 Å². The maximum Gasteiger partial charge on any atom is 0.0652 e. The monoisotopic (exact) mass is 308 g/mol. The zero-order valence-corrected chi connectivity index (χ0v) is 14.2. The molecule has 0 aliphatic heterocycles. The SMILES string of the molecule is C[SiH](C)c1cc2ccc3cccc4ccc(c1CCl)c2c34. The van der Waals surface area contributed by atoms with E-state index in [9.17, 15) is 0 Å². The zero-order chi connectivity index (χ0) is 14.6. The Morgan fingerprint density at radius 3 is 2.19 bits per heavy atom. The van der Waals surface area contributed by atoms with Gasteiger partial charge < -0.3 is 0 Å². The molecule has 0 aromatic heterocycles. The zero-order valence-electron chi connectivity index (χ0n) is 12.3.